The van der Waals surface area contributed by atoms with Crippen molar-refractivity contribution in [3.8, 4) is 0 Å². The molecule has 4 unspecified atom stereocenters. The average Bonchev–Trinajstić information content (AvgIpc) is 2.97. The Morgan fingerprint density at radius 1 is 1.00 bits per heavy atom. The molecule has 4 atom stereocenters. The number of rotatable bonds is 10. The molecule has 17 heavy (non-hydrogen) atoms. The molecule has 1 nitrogen and oxygen atoms in total. The van der Waals surface area contributed by atoms with Gasteiger partial charge in [0.2, 0.25) is 0 Å². The molecule has 0 aromatic carbocycles. The summed E-state index contributed by atoms with van der Waals surface area (Å²) in [7, 11) is 1.90. The highest BCUT2D eigenvalue weighted by atomic mass is 16.5. The summed E-state index contributed by atoms with van der Waals surface area (Å²) in [5.74, 6) is 2.66. The van der Waals surface area contributed by atoms with Gasteiger partial charge in [-0.05, 0) is 30.6 Å². The zero-order valence-electron chi connectivity index (χ0n) is 12.4. The fraction of sp³-hybridized carbons (Fsp3) is 1.00. The molecular formula is C16H32O. The van der Waals surface area contributed by atoms with Gasteiger partial charge in [0.1, 0.15) is 0 Å². The summed E-state index contributed by atoms with van der Waals surface area (Å²) in [5.41, 5.74) is 0. The van der Waals surface area contributed by atoms with E-state index in [1.807, 2.05) is 7.11 Å². The van der Waals surface area contributed by atoms with E-state index in [0.29, 0.717) is 6.10 Å². The Morgan fingerprint density at radius 2 is 1.76 bits per heavy atom. The summed E-state index contributed by atoms with van der Waals surface area (Å²) < 4.78 is 5.62. The maximum absolute atomic E-state index is 5.62. The first-order valence-corrected chi connectivity index (χ1v) is 7.77. The number of unbranched alkanes of at least 4 members (excludes halogenated alkanes) is 3. The van der Waals surface area contributed by atoms with Crippen LogP contribution in [0, 0.1) is 17.8 Å². The summed E-state index contributed by atoms with van der Waals surface area (Å²) >= 11 is 0. The lowest BCUT2D eigenvalue weighted by molar-refractivity contribution is 0.155. The number of methoxy groups -OCH3 is 1. The Balaban J connectivity index is 2.17. The largest absolute Gasteiger partial charge is 0.381 e. The molecule has 1 aliphatic rings. The van der Waals surface area contributed by atoms with Gasteiger partial charge in [-0.3, -0.25) is 0 Å². The normalized spacial score (nSPS) is 29.3. The van der Waals surface area contributed by atoms with Crippen molar-refractivity contribution >= 4 is 0 Å². The second kappa shape index (κ2) is 8.13. The van der Waals surface area contributed by atoms with Crippen molar-refractivity contribution in [2.24, 2.45) is 17.8 Å². The maximum atomic E-state index is 5.62. The van der Waals surface area contributed by atoms with E-state index in [4.69, 9.17) is 4.74 Å². The fourth-order valence-electron chi connectivity index (χ4n) is 3.33. The van der Waals surface area contributed by atoms with Crippen molar-refractivity contribution in [2.45, 2.75) is 78.2 Å². The van der Waals surface area contributed by atoms with Crippen LogP contribution in [-0.4, -0.2) is 13.2 Å². The van der Waals surface area contributed by atoms with Gasteiger partial charge in [0.05, 0.1) is 6.10 Å². The molecule has 0 N–H and O–H groups in total. The van der Waals surface area contributed by atoms with Crippen LogP contribution in [0.5, 0.6) is 0 Å². The molecule has 0 amide bonds. The van der Waals surface area contributed by atoms with Crippen molar-refractivity contribution in [3.63, 3.8) is 0 Å². The monoisotopic (exact) mass is 240 g/mol. The minimum absolute atomic E-state index is 0.593. The highest BCUT2D eigenvalue weighted by molar-refractivity contribution is 4.98. The minimum atomic E-state index is 0.593. The summed E-state index contributed by atoms with van der Waals surface area (Å²) in [4.78, 5) is 0. The molecule has 0 spiro atoms. The Morgan fingerprint density at radius 3 is 2.35 bits per heavy atom. The van der Waals surface area contributed by atoms with E-state index in [9.17, 15) is 0 Å². The topological polar surface area (TPSA) is 9.23 Å². The molecule has 102 valence electrons. The quantitative estimate of drug-likeness (QED) is 0.486. The Bertz CT molecular complexity index is 190. The van der Waals surface area contributed by atoms with Gasteiger partial charge in [0.25, 0.3) is 0 Å². The van der Waals surface area contributed by atoms with Gasteiger partial charge in [-0.1, -0.05) is 59.3 Å². The fourth-order valence-corrected chi connectivity index (χ4v) is 3.33. The molecular weight excluding hydrogens is 208 g/mol. The Kier molecular flexibility index (Phi) is 7.18. The zero-order valence-corrected chi connectivity index (χ0v) is 12.4. The van der Waals surface area contributed by atoms with Crippen LogP contribution >= 0.6 is 0 Å². The SMILES string of the molecule is CCCCCCC1C(CC(C)CCC)C1OC. The highest BCUT2D eigenvalue weighted by Gasteiger charge is 2.49. The van der Waals surface area contributed by atoms with Crippen LogP contribution in [-0.2, 0) is 4.74 Å². The van der Waals surface area contributed by atoms with E-state index >= 15 is 0 Å². The van der Waals surface area contributed by atoms with Crippen molar-refractivity contribution in [1.82, 2.24) is 0 Å². The summed E-state index contributed by atoms with van der Waals surface area (Å²) in [6.45, 7) is 6.98. The van der Waals surface area contributed by atoms with Crippen LogP contribution in [0.3, 0.4) is 0 Å². The van der Waals surface area contributed by atoms with Crippen molar-refractivity contribution in [3.05, 3.63) is 0 Å². The molecule has 1 heteroatoms. The van der Waals surface area contributed by atoms with Gasteiger partial charge >= 0.3 is 0 Å². The smallest absolute Gasteiger partial charge is 0.0634 e. The predicted molar refractivity (Wildman–Crippen MR) is 75.2 cm³/mol. The molecule has 0 aromatic heterocycles. The lowest BCUT2D eigenvalue weighted by Gasteiger charge is -2.08. The third kappa shape index (κ3) is 4.99. The average molecular weight is 240 g/mol. The molecule has 0 bridgehead atoms. The number of ether oxygens (including phenoxy) is 1. The maximum Gasteiger partial charge on any atom is 0.0634 e. The van der Waals surface area contributed by atoms with E-state index in [1.54, 1.807) is 0 Å². The predicted octanol–water partition coefficient (Wildman–Crippen LogP) is 5.04. The van der Waals surface area contributed by atoms with E-state index in [2.05, 4.69) is 20.8 Å². The van der Waals surface area contributed by atoms with E-state index < -0.39 is 0 Å². The zero-order chi connectivity index (χ0) is 12.7. The van der Waals surface area contributed by atoms with Gasteiger partial charge < -0.3 is 4.74 Å². The third-order valence-electron chi connectivity index (χ3n) is 4.37. The van der Waals surface area contributed by atoms with Crippen LogP contribution in [0.15, 0.2) is 0 Å². The van der Waals surface area contributed by atoms with Crippen LogP contribution < -0.4 is 0 Å². The second-order valence-electron chi connectivity index (χ2n) is 6.01. The summed E-state index contributed by atoms with van der Waals surface area (Å²) in [5, 5.41) is 0. The van der Waals surface area contributed by atoms with Gasteiger partial charge in [0, 0.05) is 7.11 Å². The number of hydrogen-bond donors (Lipinski definition) is 0. The molecule has 1 fully saturated rings. The first-order valence-electron chi connectivity index (χ1n) is 7.77. The summed E-state index contributed by atoms with van der Waals surface area (Å²) in [6.07, 6.45) is 11.7. The lowest BCUT2D eigenvalue weighted by Crippen LogP contribution is -1.99. The molecule has 0 saturated heterocycles. The van der Waals surface area contributed by atoms with Crippen molar-refractivity contribution in [1.29, 1.82) is 0 Å². The number of hydrogen-bond acceptors (Lipinski definition) is 1. The van der Waals surface area contributed by atoms with Gasteiger partial charge in [0.15, 0.2) is 0 Å². The van der Waals surface area contributed by atoms with Gasteiger partial charge in [-0.15, -0.1) is 0 Å². The first kappa shape index (κ1) is 15.0. The minimum Gasteiger partial charge on any atom is -0.381 e. The molecule has 1 saturated carbocycles. The van der Waals surface area contributed by atoms with E-state index in [0.717, 1.165) is 17.8 Å². The standard InChI is InChI=1S/C16H32O/c1-5-7-8-9-11-14-15(16(14)17-4)12-13(3)10-6-2/h13-16H,5-12H2,1-4H3. The molecule has 0 aliphatic heterocycles. The summed E-state index contributed by atoms with van der Waals surface area (Å²) in [6, 6.07) is 0. The van der Waals surface area contributed by atoms with Gasteiger partial charge in [-0.2, -0.15) is 0 Å². The van der Waals surface area contributed by atoms with Crippen LogP contribution in [0.4, 0.5) is 0 Å². The lowest BCUT2D eigenvalue weighted by atomic mass is 9.97. The Hall–Kier alpha value is -0.0400. The van der Waals surface area contributed by atoms with Gasteiger partial charge in [-0.25, -0.2) is 0 Å². The van der Waals surface area contributed by atoms with Crippen LogP contribution in [0.1, 0.15) is 72.1 Å². The second-order valence-corrected chi connectivity index (χ2v) is 6.01. The van der Waals surface area contributed by atoms with Crippen LogP contribution in [0.2, 0.25) is 0 Å². The molecule has 0 radical (unpaired) electrons. The third-order valence-corrected chi connectivity index (χ3v) is 4.37. The van der Waals surface area contributed by atoms with Crippen LogP contribution in [0.25, 0.3) is 0 Å². The molecule has 0 heterocycles. The van der Waals surface area contributed by atoms with E-state index in [-0.39, 0.29) is 0 Å². The highest BCUT2D eigenvalue weighted by Crippen LogP contribution is 2.49. The van der Waals surface area contributed by atoms with Crippen molar-refractivity contribution < 1.29 is 4.74 Å². The Labute approximate surface area is 108 Å². The first-order chi connectivity index (χ1) is 8.24. The molecule has 1 rings (SSSR count). The van der Waals surface area contributed by atoms with Crippen molar-refractivity contribution in [2.75, 3.05) is 7.11 Å². The van der Waals surface area contributed by atoms with E-state index in [1.165, 1.54) is 51.4 Å². The molecule has 0 aromatic rings. The molecule has 1 aliphatic carbocycles.